The summed E-state index contributed by atoms with van der Waals surface area (Å²) in [4.78, 5) is 26.0. The maximum atomic E-state index is 16.3. The second-order valence-corrected chi connectivity index (χ2v) is 12.3. The van der Waals surface area contributed by atoms with Crippen LogP contribution in [0.2, 0.25) is 0 Å². The zero-order valence-corrected chi connectivity index (χ0v) is 22.8. The molecule has 0 radical (unpaired) electrons. The lowest BCUT2D eigenvalue weighted by Gasteiger charge is -2.68. The van der Waals surface area contributed by atoms with Crippen LogP contribution in [0.5, 0.6) is 0 Å². The van der Waals surface area contributed by atoms with Gasteiger partial charge in [0.25, 0.3) is 0 Å². The van der Waals surface area contributed by atoms with E-state index < -0.39 is 76.6 Å². The number of carbonyl (C=O) groups is 2. The summed E-state index contributed by atoms with van der Waals surface area (Å²) >= 11 is 0. The number of esters is 2. The van der Waals surface area contributed by atoms with Gasteiger partial charge in [0, 0.05) is 30.6 Å². The van der Waals surface area contributed by atoms with Crippen LogP contribution >= 0.6 is 0 Å². The predicted molar refractivity (Wildman–Crippen MR) is 135 cm³/mol. The van der Waals surface area contributed by atoms with Gasteiger partial charge in [0.1, 0.15) is 30.1 Å². The molecule has 2 saturated carbocycles. The highest BCUT2D eigenvalue weighted by atomic mass is 19.1. The van der Waals surface area contributed by atoms with E-state index in [0.29, 0.717) is 5.57 Å². The van der Waals surface area contributed by atoms with Gasteiger partial charge in [-0.05, 0) is 30.2 Å². The molecule has 0 amide bonds. The number of benzene rings is 1. The van der Waals surface area contributed by atoms with Crippen molar-refractivity contribution in [3.63, 3.8) is 0 Å². The number of carbonyl (C=O) groups excluding carboxylic acids is 2. The fraction of sp³-hybridized carbons (Fsp3) is 0.655. The number of ether oxygens (including phenoxy) is 3. The molecule has 1 aromatic rings. The summed E-state index contributed by atoms with van der Waals surface area (Å²) in [5, 5.41) is 47.1. The lowest BCUT2D eigenvalue weighted by Crippen LogP contribution is -2.82. The van der Waals surface area contributed by atoms with Crippen molar-refractivity contribution in [2.45, 2.75) is 95.4 Å². The maximum absolute atomic E-state index is 16.3. The Kier molecular flexibility index (Phi) is 6.55. The first-order chi connectivity index (χ1) is 18.1. The lowest BCUT2D eigenvalue weighted by molar-refractivity contribution is -0.359. The molecule has 4 aliphatic rings. The summed E-state index contributed by atoms with van der Waals surface area (Å²) in [6.07, 6.45) is -9.58. The van der Waals surface area contributed by atoms with Crippen LogP contribution in [0.15, 0.2) is 41.5 Å². The Morgan fingerprint density at radius 3 is 2.31 bits per heavy atom. The number of alkyl halides is 1. The summed E-state index contributed by atoms with van der Waals surface area (Å²) < 4.78 is 34.0. The Hall–Kier alpha value is -2.37. The van der Waals surface area contributed by atoms with Gasteiger partial charge in [-0.25, -0.2) is 9.18 Å². The molecule has 0 spiro atoms. The normalized spacial score (nSPS) is 44.6. The minimum Gasteiger partial charge on any atom is -0.455 e. The molecule has 0 unspecified atom stereocenters. The molecule has 3 fully saturated rings. The van der Waals surface area contributed by atoms with Crippen molar-refractivity contribution in [1.82, 2.24) is 0 Å². The molecule has 4 N–H and O–H groups in total. The van der Waals surface area contributed by atoms with Gasteiger partial charge in [-0.3, -0.25) is 4.79 Å². The first-order valence-electron chi connectivity index (χ1n) is 13.3. The number of hydrogen-bond acceptors (Lipinski definition) is 9. The van der Waals surface area contributed by atoms with Crippen molar-refractivity contribution in [1.29, 1.82) is 0 Å². The highest BCUT2D eigenvalue weighted by molar-refractivity contribution is 5.89. The molecule has 1 saturated heterocycles. The second kappa shape index (κ2) is 9.07. The molecule has 214 valence electrons. The molecule has 5 rings (SSSR count). The molecule has 10 heteroatoms. The lowest BCUT2D eigenvalue weighted by atomic mass is 9.44. The third-order valence-corrected chi connectivity index (χ3v) is 10.1. The van der Waals surface area contributed by atoms with Crippen LogP contribution in [-0.4, -0.2) is 86.9 Å². The summed E-state index contributed by atoms with van der Waals surface area (Å²) in [5.41, 5.74) is -6.23. The highest BCUT2D eigenvalue weighted by Crippen LogP contribution is 2.65. The molecule has 1 heterocycles. The van der Waals surface area contributed by atoms with Gasteiger partial charge in [0.05, 0.1) is 30.3 Å². The molecular weight excluding hydrogens is 511 g/mol. The van der Waals surface area contributed by atoms with E-state index in [-0.39, 0.29) is 30.6 Å². The Morgan fingerprint density at radius 2 is 1.74 bits per heavy atom. The van der Waals surface area contributed by atoms with Crippen LogP contribution < -0.4 is 0 Å². The smallest absolute Gasteiger partial charge is 0.338 e. The van der Waals surface area contributed by atoms with E-state index in [1.54, 1.807) is 39.0 Å². The molecule has 3 aliphatic carbocycles. The van der Waals surface area contributed by atoms with E-state index in [1.807, 2.05) is 0 Å². The van der Waals surface area contributed by atoms with Crippen LogP contribution in [-0.2, 0) is 19.0 Å². The van der Waals surface area contributed by atoms with Gasteiger partial charge >= 0.3 is 11.9 Å². The van der Waals surface area contributed by atoms with Gasteiger partial charge in [-0.15, -0.1) is 0 Å². The summed E-state index contributed by atoms with van der Waals surface area (Å²) in [7, 11) is 0. The van der Waals surface area contributed by atoms with Crippen molar-refractivity contribution < 1.29 is 48.6 Å². The fourth-order valence-electron chi connectivity index (χ4n) is 7.84. The number of rotatable bonds is 3. The largest absolute Gasteiger partial charge is 0.455 e. The van der Waals surface area contributed by atoms with E-state index in [4.69, 9.17) is 14.2 Å². The average Bonchev–Trinajstić information content (AvgIpc) is 2.87. The molecule has 0 aromatic heterocycles. The Morgan fingerprint density at radius 1 is 1.10 bits per heavy atom. The number of hydrogen-bond donors (Lipinski definition) is 4. The SMILES string of the molecule is CC(=O)O[C@@]12CO[C@@H]1C[C@@H](F)[C@@]1(C)[C@H](O)[C@H](O)C3=C(C)[C@@H](O)C[C@@](O)([C@@H](OC(=O)c4ccccc4)[C@H]21)C3(C)C. The maximum Gasteiger partial charge on any atom is 0.338 e. The Bertz CT molecular complexity index is 1200. The van der Waals surface area contributed by atoms with E-state index in [0.717, 1.165) is 0 Å². The van der Waals surface area contributed by atoms with Gasteiger partial charge in [-0.1, -0.05) is 39.0 Å². The minimum absolute atomic E-state index is 0.150. The van der Waals surface area contributed by atoms with Crippen molar-refractivity contribution in [2.75, 3.05) is 6.61 Å². The number of halogens is 1. The standard InChI is InChI=1S/C29H37FO9/c1-14-17(32)12-29(36)24(38-25(35)16-9-7-6-8-10-16)22-27(5,23(34)21(33)20(14)26(29,3)4)18(30)11-19-28(22,13-37-19)39-15(2)31/h6-10,17-19,21-24,32-34,36H,11-13H2,1-5H3/t17-,18+,19+,21+,22-,23+,24-,27+,28-,29+/m0/s1. The molecular formula is C29H37FO9. The van der Waals surface area contributed by atoms with Gasteiger partial charge in [0.15, 0.2) is 5.60 Å². The molecule has 10 atom stereocenters. The van der Waals surface area contributed by atoms with Crippen LogP contribution in [0.25, 0.3) is 0 Å². The Balaban J connectivity index is 1.80. The van der Waals surface area contributed by atoms with Gasteiger partial charge < -0.3 is 34.6 Å². The van der Waals surface area contributed by atoms with Crippen LogP contribution in [0.4, 0.5) is 4.39 Å². The monoisotopic (exact) mass is 548 g/mol. The summed E-state index contributed by atoms with van der Waals surface area (Å²) in [6, 6.07) is 8.05. The number of aliphatic hydroxyl groups excluding tert-OH is 3. The van der Waals surface area contributed by atoms with Gasteiger partial charge in [0.2, 0.25) is 0 Å². The Labute approximate surface area is 226 Å². The zero-order valence-electron chi connectivity index (χ0n) is 22.8. The van der Waals surface area contributed by atoms with E-state index >= 15 is 4.39 Å². The van der Waals surface area contributed by atoms with E-state index in [1.165, 1.54) is 26.0 Å². The van der Waals surface area contributed by atoms with Crippen LogP contribution in [0, 0.1) is 16.7 Å². The topological polar surface area (TPSA) is 143 Å². The molecule has 1 aliphatic heterocycles. The zero-order chi connectivity index (χ0) is 28.7. The summed E-state index contributed by atoms with van der Waals surface area (Å²) in [6.45, 7) is 7.27. The quantitative estimate of drug-likeness (QED) is 0.329. The molecule has 1 aromatic carbocycles. The number of fused-ring (bicyclic) bond motifs is 5. The van der Waals surface area contributed by atoms with Crippen LogP contribution in [0.3, 0.4) is 0 Å². The first kappa shape index (κ1) is 28.2. The minimum atomic E-state index is -2.08. The van der Waals surface area contributed by atoms with Crippen molar-refractivity contribution in [3.05, 3.63) is 47.0 Å². The summed E-state index contributed by atoms with van der Waals surface area (Å²) in [5.74, 6) is -2.87. The van der Waals surface area contributed by atoms with Crippen molar-refractivity contribution in [3.8, 4) is 0 Å². The predicted octanol–water partition coefficient (Wildman–Crippen LogP) is 1.85. The third kappa shape index (κ3) is 3.68. The van der Waals surface area contributed by atoms with Crippen LogP contribution in [0.1, 0.15) is 57.8 Å². The second-order valence-electron chi connectivity index (χ2n) is 12.3. The number of aliphatic hydroxyl groups is 4. The molecule has 2 bridgehead atoms. The van der Waals surface area contributed by atoms with E-state index in [2.05, 4.69) is 0 Å². The highest BCUT2D eigenvalue weighted by Gasteiger charge is 2.77. The first-order valence-corrected chi connectivity index (χ1v) is 13.3. The average molecular weight is 549 g/mol. The van der Waals surface area contributed by atoms with Gasteiger partial charge in [-0.2, -0.15) is 0 Å². The van der Waals surface area contributed by atoms with E-state index in [9.17, 15) is 30.0 Å². The third-order valence-electron chi connectivity index (χ3n) is 10.1. The molecule has 39 heavy (non-hydrogen) atoms. The molecule has 9 nitrogen and oxygen atoms in total. The van der Waals surface area contributed by atoms with Crippen molar-refractivity contribution in [2.24, 2.45) is 16.7 Å². The fourth-order valence-corrected chi connectivity index (χ4v) is 7.84. The van der Waals surface area contributed by atoms with Crippen molar-refractivity contribution >= 4 is 11.9 Å².